The molecule has 1 unspecified atom stereocenters. The number of aromatic nitrogens is 3. The van der Waals surface area contributed by atoms with Crippen molar-refractivity contribution in [1.82, 2.24) is 19.9 Å². The van der Waals surface area contributed by atoms with Gasteiger partial charge >= 0.3 is 0 Å². The predicted octanol–water partition coefficient (Wildman–Crippen LogP) is 4.55. The van der Waals surface area contributed by atoms with Gasteiger partial charge in [0.1, 0.15) is 11.6 Å². The van der Waals surface area contributed by atoms with Gasteiger partial charge in [-0.05, 0) is 57.0 Å². The molecule has 1 aliphatic rings. The summed E-state index contributed by atoms with van der Waals surface area (Å²) in [5.41, 5.74) is 3.60. The van der Waals surface area contributed by atoms with Crippen molar-refractivity contribution in [3.05, 3.63) is 71.6 Å². The Morgan fingerprint density at radius 3 is 2.73 bits per heavy atom. The van der Waals surface area contributed by atoms with Crippen molar-refractivity contribution < 1.29 is 13.9 Å². The van der Waals surface area contributed by atoms with Crippen molar-refractivity contribution in [2.24, 2.45) is 0 Å². The molecule has 4 rings (SSSR count). The van der Waals surface area contributed by atoms with Gasteiger partial charge in [-0.1, -0.05) is 6.07 Å². The highest BCUT2D eigenvalue weighted by Crippen LogP contribution is 2.27. The minimum atomic E-state index is -0.354. The first-order chi connectivity index (χ1) is 16.0. The molecule has 1 aliphatic heterocycles. The summed E-state index contributed by atoms with van der Waals surface area (Å²) in [4.78, 5) is 28.0. The van der Waals surface area contributed by atoms with Crippen molar-refractivity contribution in [2.75, 3.05) is 25.0 Å². The molecule has 0 spiro atoms. The topological polar surface area (TPSA) is 80.2 Å². The number of anilines is 2. The number of ether oxygens (including phenoxy) is 1. The molecule has 1 fully saturated rings. The molecule has 1 N–H and O–H groups in total. The number of carbonyl (C=O) groups excluding carboxylic acids is 1. The molecular formula is C25H28FN5O2. The lowest BCUT2D eigenvalue weighted by atomic mass is 9.94. The lowest BCUT2D eigenvalue weighted by Gasteiger charge is -2.32. The van der Waals surface area contributed by atoms with Crippen molar-refractivity contribution in [2.45, 2.75) is 39.0 Å². The smallest absolute Gasteiger partial charge is 0.227 e. The summed E-state index contributed by atoms with van der Waals surface area (Å²) in [6, 6.07) is 11.8. The van der Waals surface area contributed by atoms with E-state index in [9.17, 15) is 9.18 Å². The van der Waals surface area contributed by atoms with Gasteiger partial charge < -0.3 is 15.0 Å². The second kappa shape index (κ2) is 10.4. The first-order valence-electron chi connectivity index (χ1n) is 11.2. The fourth-order valence-electron chi connectivity index (χ4n) is 4.05. The highest BCUT2D eigenvalue weighted by molar-refractivity contribution is 5.76. The van der Waals surface area contributed by atoms with Gasteiger partial charge in [0.15, 0.2) is 0 Å². The second-order valence-electron chi connectivity index (χ2n) is 8.31. The molecule has 0 aliphatic carbocycles. The molecule has 1 amide bonds. The van der Waals surface area contributed by atoms with Gasteiger partial charge in [-0.2, -0.15) is 0 Å². The fourth-order valence-corrected chi connectivity index (χ4v) is 4.05. The molecule has 8 heteroatoms. The van der Waals surface area contributed by atoms with Crippen LogP contribution in [0.3, 0.4) is 0 Å². The standard InChI is InChI=1S/C25H28FN5O2/c1-17-13-18(2)29-25(28-17)30-21-8-9-23(27-15-21)19-5-4-11-31(16-19)24(32)10-12-33-22-7-3-6-20(26)14-22/h3,6-9,13-15,19H,4-5,10-12,16H2,1-2H3,(H,28,29,30). The summed E-state index contributed by atoms with van der Waals surface area (Å²) < 4.78 is 18.8. The molecule has 2 aromatic heterocycles. The maximum Gasteiger partial charge on any atom is 0.227 e. The highest BCUT2D eigenvalue weighted by atomic mass is 19.1. The Hall–Kier alpha value is -3.55. The van der Waals surface area contributed by atoms with Crippen LogP contribution in [0.4, 0.5) is 16.0 Å². The number of likely N-dealkylation sites (tertiary alicyclic amines) is 1. The Bertz CT molecular complexity index is 1090. The Morgan fingerprint density at radius 1 is 1.18 bits per heavy atom. The number of pyridine rings is 1. The number of amides is 1. The minimum absolute atomic E-state index is 0.0429. The van der Waals surface area contributed by atoms with E-state index < -0.39 is 0 Å². The third-order valence-electron chi connectivity index (χ3n) is 5.60. The van der Waals surface area contributed by atoms with Crippen LogP contribution in [0.5, 0.6) is 5.75 Å². The summed E-state index contributed by atoms with van der Waals surface area (Å²) in [7, 11) is 0. The zero-order valence-electron chi connectivity index (χ0n) is 18.9. The zero-order valence-corrected chi connectivity index (χ0v) is 18.9. The third kappa shape index (κ3) is 6.25. The number of nitrogens with one attached hydrogen (secondary N) is 1. The monoisotopic (exact) mass is 449 g/mol. The molecule has 7 nitrogen and oxygen atoms in total. The van der Waals surface area contributed by atoms with Crippen molar-refractivity contribution in [3.63, 3.8) is 0 Å². The average molecular weight is 450 g/mol. The van der Waals surface area contributed by atoms with Crippen LogP contribution >= 0.6 is 0 Å². The lowest BCUT2D eigenvalue weighted by molar-refractivity contribution is -0.132. The van der Waals surface area contributed by atoms with Crippen LogP contribution in [0.15, 0.2) is 48.7 Å². The van der Waals surface area contributed by atoms with Gasteiger partial charge in [0.05, 0.1) is 24.9 Å². The third-order valence-corrected chi connectivity index (χ3v) is 5.60. The molecule has 33 heavy (non-hydrogen) atoms. The molecular weight excluding hydrogens is 421 g/mol. The van der Waals surface area contributed by atoms with E-state index in [1.807, 2.05) is 36.9 Å². The van der Waals surface area contributed by atoms with Crippen LogP contribution in [0.1, 0.15) is 42.3 Å². The fraction of sp³-hybridized carbons (Fsp3) is 0.360. The van der Waals surface area contributed by atoms with Gasteiger partial charge in [0.2, 0.25) is 11.9 Å². The van der Waals surface area contributed by atoms with Crippen LogP contribution in [-0.4, -0.2) is 45.5 Å². The van der Waals surface area contributed by atoms with Crippen molar-refractivity contribution >= 4 is 17.5 Å². The van der Waals surface area contributed by atoms with Crippen LogP contribution < -0.4 is 10.1 Å². The van der Waals surface area contributed by atoms with E-state index >= 15 is 0 Å². The Kier molecular flexibility index (Phi) is 7.12. The number of nitrogens with zero attached hydrogens (tertiary/aromatic N) is 4. The first-order valence-corrected chi connectivity index (χ1v) is 11.2. The van der Waals surface area contributed by atoms with Gasteiger partial charge in [-0.3, -0.25) is 9.78 Å². The number of rotatable bonds is 7. The van der Waals surface area contributed by atoms with Gasteiger partial charge in [0, 0.05) is 42.2 Å². The molecule has 1 saturated heterocycles. The highest BCUT2D eigenvalue weighted by Gasteiger charge is 2.25. The van der Waals surface area contributed by atoms with E-state index in [0.29, 0.717) is 18.2 Å². The molecule has 172 valence electrons. The molecule has 1 atom stereocenters. The molecule has 3 heterocycles. The van der Waals surface area contributed by atoms with Crippen LogP contribution in [0, 0.1) is 19.7 Å². The normalized spacial score (nSPS) is 15.8. The largest absolute Gasteiger partial charge is 0.493 e. The number of carbonyl (C=O) groups is 1. The summed E-state index contributed by atoms with van der Waals surface area (Å²) in [5, 5.41) is 3.20. The number of hydrogen-bond acceptors (Lipinski definition) is 6. The van der Waals surface area contributed by atoms with E-state index in [0.717, 1.165) is 42.2 Å². The summed E-state index contributed by atoms with van der Waals surface area (Å²) in [6.45, 7) is 5.47. The number of halogens is 1. The maximum atomic E-state index is 13.2. The number of aryl methyl sites for hydroxylation is 2. The van der Waals surface area contributed by atoms with E-state index in [-0.39, 0.29) is 30.7 Å². The molecule has 0 radical (unpaired) electrons. The first kappa shape index (κ1) is 22.6. The maximum absolute atomic E-state index is 13.2. The summed E-state index contributed by atoms with van der Waals surface area (Å²) >= 11 is 0. The van der Waals surface area contributed by atoms with Gasteiger partial charge in [0.25, 0.3) is 0 Å². The van der Waals surface area contributed by atoms with Crippen molar-refractivity contribution in [3.8, 4) is 5.75 Å². The zero-order chi connectivity index (χ0) is 23.2. The predicted molar refractivity (Wildman–Crippen MR) is 124 cm³/mol. The van der Waals surface area contributed by atoms with Crippen LogP contribution in [0.2, 0.25) is 0 Å². The van der Waals surface area contributed by atoms with Gasteiger partial charge in [-0.25, -0.2) is 14.4 Å². The summed E-state index contributed by atoms with van der Waals surface area (Å²) in [6.07, 6.45) is 3.96. The van der Waals surface area contributed by atoms with Gasteiger partial charge in [-0.15, -0.1) is 0 Å². The van der Waals surface area contributed by atoms with Crippen LogP contribution in [0.25, 0.3) is 0 Å². The number of benzene rings is 1. The number of piperidine rings is 1. The average Bonchev–Trinajstić information content (AvgIpc) is 2.79. The van der Waals surface area contributed by atoms with Crippen LogP contribution in [-0.2, 0) is 4.79 Å². The Balaban J connectivity index is 1.30. The van der Waals surface area contributed by atoms with Crippen molar-refractivity contribution in [1.29, 1.82) is 0 Å². The second-order valence-corrected chi connectivity index (χ2v) is 8.31. The molecule has 1 aromatic carbocycles. The Labute approximate surface area is 193 Å². The summed E-state index contributed by atoms with van der Waals surface area (Å²) in [5.74, 6) is 0.869. The van der Waals surface area contributed by atoms with E-state index in [2.05, 4.69) is 20.3 Å². The SMILES string of the molecule is Cc1cc(C)nc(Nc2ccc(C3CCCN(C(=O)CCOc4cccc(F)c4)C3)nc2)n1. The quantitative estimate of drug-likeness (QED) is 0.570. The van der Waals surface area contributed by atoms with E-state index in [4.69, 9.17) is 4.74 Å². The van der Waals surface area contributed by atoms with E-state index in [1.165, 1.54) is 12.1 Å². The molecule has 0 saturated carbocycles. The van der Waals surface area contributed by atoms with E-state index in [1.54, 1.807) is 18.3 Å². The Morgan fingerprint density at radius 2 is 2.00 bits per heavy atom. The molecule has 3 aromatic rings. The lowest BCUT2D eigenvalue weighted by Crippen LogP contribution is -2.39. The number of hydrogen-bond donors (Lipinski definition) is 1. The molecule has 0 bridgehead atoms. The minimum Gasteiger partial charge on any atom is -0.493 e.